The van der Waals surface area contributed by atoms with Gasteiger partial charge in [0.15, 0.2) is 0 Å². The minimum Gasteiger partial charge on any atom is -0.481 e. The van der Waals surface area contributed by atoms with Crippen molar-refractivity contribution in [1.29, 1.82) is 0 Å². The molecule has 0 fully saturated rings. The van der Waals surface area contributed by atoms with Gasteiger partial charge in [-0.3, -0.25) is 4.79 Å². The molecule has 2 N–H and O–H groups in total. The highest BCUT2D eigenvalue weighted by molar-refractivity contribution is 6.30. The molecule has 0 aliphatic heterocycles. The lowest BCUT2D eigenvalue weighted by Crippen LogP contribution is -2.22. The van der Waals surface area contributed by atoms with Crippen molar-refractivity contribution in [2.45, 2.75) is 53.9 Å². The van der Waals surface area contributed by atoms with E-state index in [4.69, 9.17) is 16.7 Å². The normalized spacial score (nSPS) is 11.4. The number of allylic oxidation sites excluding steroid dienone is 1. The van der Waals surface area contributed by atoms with E-state index in [0.717, 1.165) is 35.5 Å². The molecule has 0 aromatic heterocycles. The predicted molar refractivity (Wildman–Crippen MR) is 134 cm³/mol. The zero-order chi connectivity index (χ0) is 23.2. The molecule has 2 aromatic rings. The Morgan fingerprint density at radius 3 is 2.26 bits per heavy atom. The van der Waals surface area contributed by atoms with Gasteiger partial charge in [0, 0.05) is 28.3 Å². The number of unbranched alkanes of at least 4 members (excludes halogenated alkanes) is 1. The molecule has 0 amide bonds. The zero-order valence-electron chi connectivity index (χ0n) is 19.3. The second kappa shape index (κ2) is 14.3. The van der Waals surface area contributed by atoms with Crippen molar-refractivity contribution in [3.05, 3.63) is 82.7 Å². The molecular weight excluding hydrogens is 408 g/mol. The lowest BCUT2D eigenvalue weighted by Gasteiger charge is -2.26. The fourth-order valence-corrected chi connectivity index (χ4v) is 2.99. The van der Waals surface area contributed by atoms with E-state index in [-0.39, 0.29) is 6.42 Å². The summed E-state index contributed by atoms with van der Waals surface area (Å²) in [5.74, 6) is -0.841. The third-order valence-corrected chi connectivity index (χ3v) is 4.64. The summed E-state index contributed by atoms with van der Waals surface area (Å²) in [4.78, 5) is 13.2. The molecule has 2 rings (SSSR count). The number of benzene rings is 2. The second-order valence-electron chi connectivity index (χ2n) is 7.10. The molecule has 0 saturated heterocycles. The summed E-state index contributed by atoms with van der Waals surface area (Å²) in [6, 6.07) is 15.8. The Morgan fingerprint density at radius 1 is 1.10 bits per heavy atom. The van der Waals surface area contributed by atoms with E-state index in [1.54, 1.807) is 0 Å². The number of carboxylic acids is 1. The van der Waals surface area contributed by atoms with Gasteiger partial charge in [0.2, 0.25) is 0 Å². The van der Waals surface area contributed by atoms with Crippen molar-refractivity contribution in [3.63, 3.8) is 0 Å². The molecule has 31 heavy (non-hydrogen) atoms. The van der Waals surface area contributed by atoms with Gasteiger partial charge in [-0.15, -0.1) is 0 Å². The van der Waals surface area contributed by atoms with Crippen LogP contribution in [0.4, 0.5) is 11.4 Å². The number of hydrogen-bond donors (Lipinski definition) is 2. The second-order valence-corrected chi connectivity index (χ2v) is 7.53. The summed E-state index contributed by atoms with van der Waals surface area (Å²) in [6.45, 7) is 10.7. The SMILES string of the molecule is CC.CCC/C=C(\CNc1ccc(C)cc1)N(/C=C(\C)CC(=O)O)c1ccc(Cl)cc1. The first kappa shape index (κ1) is 26.3. The van der Waals surface area contributed by atoms with Crippen LogP contribution in [-0.2, 0) is 4.79 Å². The molecule has 0 heterocycles. The van der Waals surface area contributed by atoms with Gasteiger partial charge in [-0.1, -0.05) is 62.6 Å². The number of aryl methyl sites for hydroxylation is 1. The van der Waals surface area contributed by atoms with Gasteiger partial charge in [0.1, 0.15) is 0 Å². The topological polar surface area (TPSA) is 52.6 Å². The van der Waals surface area contributed by atoms with Crippen LogP contribution in [0.25, 0.3) is 0 Å². The molecular formula is C26H35ClN2O2. The lowest BCUT2D eigenvalue weighted by molar-refractivity contribution is -0.136. The number of nitrogens with one attached hydrogen (secondary N) is 1. The maximum Gasteiger partial charge on any atom is 0.307 e. The van der Waals surface area contributed by atoms with E-state index in [0.29, 0.717) is 11.6 Å². The van der Waals surface area contributed by atoms with Crippen LogP contribution in [0.5, 0.6) is 0 Å². The first-order valence-electron chi connectivity index (χ1n) is 10.8. The molecule has 0 bridgehead atoms. The Kier molecular flexibility index (Phi) is 12.2. The number of anilines is 2. The quantitative estimate of drug-likeness (QED) is 0.396. The number of rotatable bonds is 10. The van der Waals surface area contributed by atoms with Crippen LogP contribution in [0.15, 0.2) is 72.1 Å². The zero-order valence-corrected chi connectivity index (χ0v) is 20.0. The van der Waals surface area contributed by atoms with E-state index >= 15 is 0 Å². The van der Waals surface area contributed by atoms with Crippen LogP contribution in [-0.4, -0.2) is 17.6 Å². The Bertz CT molecular complexity index is 856. The fraction of sp³-hybridized carbons (Fsp3) is 0.346. The maximum atomic E-state index is 11.1. The van der Waals surface area contributed by atoms with Gasteiger partial charge in [-0.05, 0) is 62.2 Å². The Hall–Kier alpha value is -2.72. The van der Waals surface area contributed by atoms with Crippen LogP contribution in [0.2, 0.25) is 5.02 Å². The lowest BCUT2D eigenvalue weighted by atomic mass is 10.1. The van der Waals surface area contributed by atoms with Crippen molar-refractivity contribution >= 4 is 28.9 Å². The van der Waals surface area contributed by atoms with Gasteiger partial charge in [0.05, 0.1) is 13.0 Å². The molecule has 0 saturated carbocycles. The number of aliphatic carboxylic acids is 1. The van der Waals surface area contributed by atoms with Gasteiger partial charge >= 0.3 is 5.97 Å². The first-order valence-corrected chi connectivity index (χ1v) is 11.2. The highest BCUT2D eigenvalue weighted by Crippen LogP contribution is 2.25. The third-order valence-electron chi connectivity index (χ3n) is 4.39. The number of halogens is 1. The minimum absolute atomic E-state index is 0.00343. The predicted octanol–water partition coefficient (Wildman–Crippen LogP) is 7.66. The van der Waals surface area contributed by atoms with Crippen molar-refractivity contribution in [2.24, 2.45) is 0 Å². The highest BCUT2D eigenvalue weighted by atomic mass is 35.5. The third kappa shape index (κ3) is 9.75. The van der Waals surface area contributed by atoms with Crippen molar-refractivity contribution < 1.29 is 9.90 Å². The molecule has 0 unspecified atom stereocenters. The average molecular weight is 443 g/mol. The Labute approximate surface area is 192 Å². The summed E-state index contributed by atoms with van der Waals surface area (Å²) in [7, 11) is 0. The Morgan fingerprint density at radius 2 is 1.71 bits per heavy atom. The van der Waals surface area contributed by atoms with Crippen LogP contribution >= 0.6 is 11.6 Å². The van der Waals surface area contributed by atoms with Gasteiger partial charge in [-0.2, -0.15) is 0 Å². The standard InChI is InChI=1S/C24H29ClN2O2.C2H6/c1-4-5-6-23(16-26-21-11-7-18(2)8-12-21)27(17-19(3)15-24(28)29)22-13-9-20(25)10-14-22;1-2/h6-14,17,26H,4-5,15-16H2,1-3H3,(H,28,29);1-2H3/b19-17+,23-6+;. The summed E-state index contributed by atoms with van der Waals surface area (Å²) < 4.78 is 0. The molecule has 2 aromatic carbocycles. The smallest absolute Gasteiger partial charge is 0.307 e. The van der Waals surface area contributed by atoms with Crippen molar-refractivity contribution in [3.8, 4) is 0 Å². The average Bonchev–Trinajstić information content (AvgIpc) is 2.75. The largest absolute Gasteiger partial charge is 0.481 e. The summed E-state index contributed by atoms with van der Waals surface area (Å²) >= 11 is 6.07. The van der Waals surface area contributed by atoms with Gasteiger partial charge in [-0.25, -0.2) is 0 Å². The number of hydrogen-bond acceptors (Lipinski definition) is 3. The van der Waals surface area contributed by atoms with Crippen molar-refractivity contribution in [2.75, 3.05) is 16.8 Å². The minimum atomic E-state index is -0.841. The molecule has 0 atom stereocenters. The number of carboxylic acid groups (broad SMARTS) is 1. The molecule has 0 aliphatic carbocycles. The number of carbonyl (C=O) groups is 1. The number of nitrogens with zero attached hydrogens (tertiary/aromatic N) is 1. The van der Waals surface area contributed by atoms with Crippen LogP contribution in [0, 0.1) is 6.92 Å². The van der Waals surface area contributed by atoms with Gasteiger partial charge < -0.3 is 15.3 Å². The highest BCUT2D eigenvalue weighted by Gasteiger charge is 2.12. The maximum absolute atomic E-state index is 11.1. The summed E-state index contributed by atoms with van der Waals surface area (Å²) in [6.07, 6.45) is 6.05. The molecule has 0 aliphatic rings. The molecule has 0 spiro atoms. The van der Waals surface area contributed by atoms with E-state index < -0.39 is 5.97 Å². The summed E-state index contributed by atoms with van der Waals surface area (Å²) in [5.41, 5.74) is 5.02. The molecule has 0 radical (unpaired) electrons. The van der Waals surface area contributed by atoms with Crippen molar-refractivity contribution in [1.82, 2.24) is 0 Å². The van der Waals surface area contributed by atoms with E-state index in [2.05, 4.69) is 49.5 Å². The summed E-state index contributed by atoms with van der Waals surface area (Å²) in [5, 5.41) is 13.3. The van der Waals surface area contributed by atoms with Crippen LogP contribution < -0.4 is 10.2 Å². The van der Waals surface area contributed by atoms with Crippen LogP contribution in [0.3, 0.4) is 0 Å². The molecule has 5 heteroatoms. The van der Waals surface area contributed by atoms with E-state index in [1.807, 2.05) is 56.1 Å². The first-order chi connectivity index (χ1) is 14.9. The van der Waals surface area contributed by atoms with Gasteiger partial charge in [0.25, 0.3) is 0 Å². The Balaban J connectivity index is 0.00000233. The monoisotopic (exact) mass is 442 g/mol. The molecule has 168 valence electrons. The fourth-order valence-electron chi connectivity index (χ4n) is 2.86. The van der Waals surface area contributed by atoms with Crippen LogP contribution in [0.1, 0.15) is 52.5 Å². The molecule has 4 nitrogen and oxygen atoms in total. The van der Waals surface area contributed by atoms with E-state index in [1.165, 1.54) is 5.56 Å². The van der Waals surface area contributed by atoms with E-state index in [9.17, 15) is 4.79 Å².